The van der Waals surface area contributed by atoms with E-state index in [-0.39, 0.29) is 0 Å². The number of benzene rings is 2. The predicted octanol–water partition coefficient (Wildman–Crippen LogP) is 4.79. The molecule has 0 unspecified atom stereocenters. The Hall–Kier alpha value is -2.91. The highest BCUT2D eigenvalue weighted by Gasteiger charge is 2.13. The van der Waals surface area contributed by atoms with E-state index in [1.807, 2.05) is 24.4 Å². The van der Waals surface area contributed by atoms with Crippen molar-refractivity contribution in [2.24, 2.45) is 5.73 Å². The van der Waals surface area contributed by atoms with E-state index in [4.69, 9.17) is 10.5 Å². The van der Waals surface area contributed by atoms with E-state index < -0.39 is 0 Å². The van der Waals surface area contributed by atoms with Crippen LogP contribution in [0, 0.1) is 0 Å². The lowest BCUT2D eigenvalue weighted by molar-refractivity contribution is 0.315. The quantitative estimate of drug-likeness (QED) is 0.627. The van der Waals surface area contributed by atoms with Gasteiger partial charge in [0.05, 0.1) is 0 Å². The Kier molecular flexibility index (Phi) is 6.18. The fraction of sp³-hybridized carbons (Fsp3) is 0.174. The number of ether oxygens (including phenoxy) is 1. The van der Waals surface area contributed by atoms with E-state index in [0.717, 1.165) is 12.0 Å². The molecule has 0 amide bonds. The first-order valence-corrected chi connectivity index (χ1v) is 8.96. The summed E-state index contributed by atoms with van der Waals surface area (Å²) >= 11 is 0. The minimum absolute atomic E-state index is 0.470. The Morgan fingerprint density at radius 1 is 0.846 bits per heavy atom. The Morgan fingerprint density at radius 3 is 2.04 bits per heavy atom. The Balaban J connectivity index is 2.11. The van der Waals surface area contributed by atoms with Crippen LogP contribution in [0.2, 0.25) is 0 Å². The van der Waals surface area contributed by atoms with Crippen LogP contribution in [0.25, 0.3) is 11.1 Å². The molecule has 0 saturated heterocycles. The van der Waals surface area contributed by atoms with Crippen molar-refractivity contribution in [3.8, 4) is 5.88 Å². The highest BCUT2D eigenvalue weighted by atomic mass is 16.5. The molecule has 1 heterocycles. The van der Waals surface area contributed by atoms with Gasteiger partial charge in [0.2, 0.25) is 5.88 Å². The fourth-order valence-corrected chi connectivity index (χ4v) is 3.06. The van der Waals surface area contributed by atoms with Crippen LogP contribution in [0.5, 0.6) is 5.88 Å². The molecule has 3 heteroatoms. The number of hydrogen-bond donors (Lipinski definition) is 1. The maximum atomic E-state index is 5.51. The third-order valence-electron chi connectivity index (χ3n) is 4.23. The summed E-state index contributed by atoms with van der Waals surface area (Å²) < 4.78 is 5.51. The molecule has 26 heavy (non-hydrogen) atoms. The zero-order valence-corrected chi connectivity index (χ0v) is 15.1. The molecule has 0 atom stereocenters. The molecule has 0 aliphatic carbocycles. The second-order valence-electron chi connectivity index (χ2n) is 5.96. The highest BCUT2D eigenvalue weighted by molar-refractivity contribution is 5.98. The zero-order chi connectivity index (χ0) is 18.2. The number of hydrogen-bond acceptors (Lipinski definition) is 3. The number of nitrogens with zero attached hydrogens (tertiary/aromatic N) is 1. The monoisotopic (exact) mass is 344 g/mol. The fourth-order valence-electron chi connectivity index (χ4n) is 3.06. The highest BCUT2D eigenvalue weighted by Crippen LogP contribution is 2.34. The van der Waals surface area contributed by atoms with E-state index in [1.165, 1.54) is 22.3 Å². The maximum Gasteiger partial charge on any atom is 0.213 e. The smallest absolute Gasteiger partial charge is 0.213 e. The van der Waals surface area contributed by atoms with Gasteiger partial charge in [0.15, 0.2) is 0 Å². The van der Waals surface area contributed by atoms with Gasteiger partial charge in [-0.15, -0.1) is 0 Å². The maximum absolute atomic E-state index is 5.51. The summed E-state index contributed by atoms with van der Waals surface area (Å²) in [4.78, 5) is 4.46. The van der Waals surface area contributed by atoms with Crippen LogP contribution in [-0.2, 0) is 0 Å². The number of aromatic nitrogens is 1. The van der Waals surface area contributed by atoms with Gasteiger partial charge >= 0.3 is 0 Å². The third kappa shape index (κ3) is 4.19. The van der Waals surface area contributed by atoms with Crippen LogP contribution in [0.1, 0.15) is 30.0 Å². The standard InChI is InChI=1S/C23H24N2O/c1-2-21(18-9-5-3-6-10-18)23(19-11-7-4-8-12-19)20-13-14-22(25-17-20)26-16-15-24/h3-14,17H,2,15-16,24H2,1H3/b23-21-. The summed E-state index contributed by atoms with van der Waals surface area (Å²) in [7, 11) is 0. The molecule has 0 aliphatic heterocycles. The van der Waals surface area contributed by atoms with Crippen molar-refractivity contribution in [3.05, 3.63) is 95.7 Å². The molecule has 3 rings (SSSR count). The first kappa shape index (κ1) is 17.9. The van der Waals surface area contributed by atoms with Crippen molar-refractivity contribution >= 4 is 11.1 Å². The van der Waals surface area contributed by atoms with Gasteiger partial charge in [0, 0.05) is 24.4 Å². The number of pyridine rings is 1. The van der Waals surface area contributed by atoms with Crippen LogP contribution in [0.3, 0.4) is 0 Å². The van der Waals surface area contributed by atoms with E-state index >= 15 is 0 Å². The predicted molar refractivity (Wildman–Crippen MR) is 108 cm³/mol. The Morgan fingerprint density at radius 2 is 1.50 bits per heavy atom. The van der Waals surface area contributed by atoms with Crippen LogP contribution < -0.4 is 10.5 Å². The molecular weight excluding hydrogens is 320 g/mol. The van der Waals surface area contributed by atoms with Crippen LogP contribution in [0.15, 0.2) is 79.0 Å². The molecule has 0 aliphatic rings. The van der Waals surface area contributed by atoms with Crippen LogP contribution in [-0.4, -0.2) is 18.1 Å². The van der Waals surface area contributed by atoms with Gasteiger partial charge in [-0.3, -0.25) is 0 Å². The molecule has 3 nitrogen and oxygen atoms in total. The van der Waals surface area contributed by atoms with Gasteiger partial charge in [0.25, 0.3) is 0 Å². The Bertz CT molecular complexity index is 840. The second kappa shape index (κ2) is 8.97. The minimum atomic E-state index is 0.470. The number of nitrogens with two attached hydrogens (primary N) is 1. The summed E-state index contributed by atoms with van der Waals surface area (Å²) in [6, 6.07) is 25.0. The minimum Gasteiger partial charge on any atom is -0.476 e. The summed E-state index contributed by atoms with van der Waals surface area (Å²) in [5, 5.41) is 0. The van der Waals surface area contributed by atoms with Gasteiger partial charge in [0.1, 0.15) is 6.61 Å². The largest absolute Gasteiger partial charge is 0.476 e. The normalized spacial score (nSPS) is 11.8. The lowest BCUT2D eigenvalue weighted by Gasteiger charge is -2.16. The first-order chi connectivity index (χ1) is 12.8. The third-order valence-corrected chi connectivity index (χ3v) is 4.23. The zero-order valence-electron chi connectivity index (χ0n) is 15.1. The second-order valence-corrected chi connectivity index (χ2v) is 5.96. The molecule has 1 aromatic heterocycles. The molecular formula is C23H24N2O. The van der Waals surface area contributed by atoms with Gasteiger partial charge in [-0.1, -0.05) is 67.6 Å². The molecule has 2 N–H and O–H groups in total. The average molecular weight is 344 g/mol. The van der Waals surface area contributed by atoms with E-state index in [0.29, 0.717) is 19.0 Å². The molecule has 2 aromatic carbocycles. The molecule has 132 valence electrons. The molecule has 0 fully saturated rings. The van der Waals surface area contributed by atoms with E-state index in [2.05, 4.69) is 66.5 Å². The van der Waals surface area contributed by atoms with Gasteiger partial charge in [-0.05, 0) is 34.8 Å². The molecule has 3 aromatic rings. The number of allylic oxidation sites excluding steroid dienone is 1. The topological polar surface area (TPSA) is 48.1 Å². The molecule has 0 radical (unpaired) electrons. The van der Waals surface area contributed by atoms with Gasteiger partial charge in [-0.25, -0.2) is 4.98 Å². The lowest BCUT2D eigenvalue weighted by atomic mass is 9.89. The van der Waals surface area contributed by atoms with Crippen molar-refractivity contribution in [2.75, 3.05) is 13.2 Å². The van der Waals surface area contributed by atoms with Crippen molar-refractivity contribution in [2.45, 2.75) is 13.3 Å². The molecule has 0 saturated carbocycles. The van der Waals surface area contributed by atoms with Crippen LogP contribution >= 0.6 is 0 Å². The SMILES string of the molecule is CC/C(=C(\c1ccccc1)c1ccc(OCCN)nc1)c1ccccc1. The van der Waals surface area contributed by atoms with Gasteiger partial charge < -0.3 is 10.5 Å². The first-order valence-electron chi connectivity index (χ1n) is 8.96. The molecule has 0 bridgehead atoms. The van der Waals surface area contributed by atoms with Crippen molar-refractivity contribution in [1.29, 1.82) is 0 Å². The van der Waals surface area contributed by atoms with Crippen LogP contribution in [0.4, 0.5) is 0 Å². The average Bonchev–Trinajstić information content (AvgIpc) is 2.72. The summed E-state index contributed by atoms with van der Waals surface area (Å²) in [5.41, 5.74) is 11.5. The lowest BCUT2D eigenvalue weighted by Crippen LogP contribution is -2.11. The summed E-state index contributed by atoms with van der Waals surface area (Å²) in [5.74, 6) is 0.601. The summed E-state index contributed by atoms with van der Waals surface area (Å²) in [6.45, 7) is 3.14. The Labute approximate surface area is 155 Å². The van der Waals surface area contributed by atoms with Gasteiger partial charge in [-0.2, -0.15) is 0 Å². The van der Waals surface area contributed by atoms with E-state index in [1.54, 1.807) is 0 Å². The summed E-state index contributed by atoms with van der Waals surface area (Å²) in [6.07, 6.45) is 2.81. The van der Waals surface area contributed by atoms with Crippen molar-refractivity contribution in [1.82, 2.24) is 4.98 Å². The van der Waals surface area contributed by atoms with Crippen molar-refractivity contribution in [3.63, 3.8) is 0 Å². The molecule has 0 spiro atoms. The number of rotatable bonds is 7. The van der Waals surface area contributed by atoms with Crippen molar-refractivity contribution < 1.29 is 4.74 Å². The van der Waals surface area contributed by atoms with E-state index in [9.17, 15) is 0 Å².